The largest absolute Gasteiger partial charge is 0.380 e. The molecule has 0 aliphatic heterocycles. The molecular weight excluding hydrogens is 162 g/mol. The lowest BCUT2D eigenvalue weighted by Gasteiger charge is -2.20. The maximum Gasteiger partial charge on any atom is 0.115 e. The minimum absolute atomic E-state index is 0.469. The van der Waals surface area contributed by atoms with Crippen LogP contribution in [-0.2, 0) is 0 Å². The molecular formula is C10H17N3. The highest BCUT2D eigenvalue weighted by molar-refractivity contribution is 5.38. The van der Waals surface area contributed by atoms with Crippen molar-refractivity contribution < 1.29 is 0 Å². The molecule has 2 unspecified atom stereocenters. The predicted molar refractivity (Wildman–Crippen MR) is 54.6 cm³/mol. The minimum atomic E-state index is 0.469. The Labute approximate surface area is 79.6 Å². The van der Waals surface area contributed by atoms with Crippen LogP contribution in [0, 0.1) is 5.92 Å². The third-order valence-electron chi connectivity index (χ3n) is 2.45. The molecule has 0 fully saturated rings. The molecule has 72 valence electrons. The maximum absolute atomic E-state index is 3.95. The molecule has 0 saturated carbocycles. The fourth-order valence-corrected chi connectivity index (χ4v) is 1.13. The summed E-state index contributed by atoms with van der Waals surface area (Å²) in [6.07, 6.45) is 6.32. The third kappa shape index (κ3) is 3.01. The van der Waals surface area contributed by atoms with Gasteiger partial charge in [0.1, 0.15) is 6.33 Å². The van der Waals surface area contributed by atoms with Gasteiger partial charge >= 0.3 is 0 Å². The van der Waals surface area contributed by atoms with E-state index < -0.39 is 0 Å². The summed E-state index contributed by atoms with van der Waals surface area (Å²) < 4.78 is 0. The van der Waals surface area contributed by atoms with Crippen molar-refractivity contribution in [1.82, 2.24) is 9.97 Å². The van der Waals surface area contributed by atoms with Gasteiger partial charge in [-0.25, -0.2) is 9.97 Å². The van der Waals surface area contributed by atoms with Gasteiger partial charge in [0, 0.05) is 6.04 Å². The average Bonchev–Trinajstić information content (AvgIpc) is 2.18. The maximum atomic E-state index is 3.95. The van der Waals surface area contributed by atoms with Crippen molar-refractivity contribution in [2.75, 3.05) is 5.32 Å². The summed E-state index contributed by atoms with van der Waals surface area (Å²) in [7, 11) is 0. The van der Waals surface area contributed by atoms with E-state index in [2.05, 4.69) is 36.1 Å². The van der Waals surface area contributed by atoms with Crippen LogP contribution < -0.4 is 5.32 Å². The minimum Gasteiger partial charge on any atom is -0.380 e. The lowest BCUT2D eigenvalue weighted by atomic mass is 10.0. The Kier molecular flexibility index (Phi) is 3.68. The molecule has 0 aliphatic rings. The molecule has 1 heterocycles. The van der Waals surface area contributed by atoms with E-state index in [9.17, 15) is 0 Å². The normalized spacial score (nSPS) is 15.0. The second-order valence-corrected chi connectivity index (χ2v) is 3.45. The van der Waals surface area contributed by atoms with Crippen LogP contribution in [0.1, 0.15) is 27.2 Å². The first-order valence-corrected chi connectivity index (χ1v) is 4.75. The second kappa shape index (κ2) is 4.80. The molecule has 3 heteroatoms. The number of hydrogen-bond acceptors (Lipinski definition) is 3. The Bertz CT molecular complexity index is 235. The van der Waals surface area contributed by atoms with Gasteiger partial charge in [0.05, 0.1) is 18.1 Å². The van der Waals surface area contributed by atoms with Crippen molar-refractivity contribution in [3.8, 4) is 0 Å². The van der Waals surface area contributed by atoms with E-state index in [-0.39, 0.29) is 0 Å². The highest BCUT2D eigenvalue weighted by Gasteiger charge is 2.09. The molecule has 0 saturated heterocycles. The molecule has 0 amide bonds. The van der Waals surface area contributed by atoms with Crippen LogP contribution in [0.5, 0.6) is 0 Å². The molecule has 13 heavy (non-hydrogen) atoms. The van der Waals surface area contributed by atoms with E-state index in [1.54, 1.807) is 18.7 Å². The van der Waals surface area contributed by atoms with E-state index in [1.807, 2.05) is 0 Å². The van der Waals surface area contributed by atoms with Crippen molar-refractivity contribution in [3.05, 3.63) is 18.7 Å². The van der Waals surface area contributed by atoms with Crippen molar-refractivity contribution in [1.29, 1.82) is 0 Å². The van der Waals surface area contributed by atoms with Crippen LogP contribution in [0.15, 0.2) is 18.7 Å². The standard InChI is InChI=1S/C10H17N3/c1-4-8(2)9(3)13-10-5-11-7-12-6-10/h5-9,13H,4H2,1-3H3. The number of nitrogens with zero attached hydrogens (tertiary/aromatic N) is 2. The molecule has 1 N–H and O–H groups in total. The molecule has 0 radical (unpaired) electrons. The number of hydrogen-bond donors (Lipinski definition) is 1. The molecule has 1 aromatic rings. The highest BCUT2D eigenvalue weighted by atomic mass is 15.0. The van der Waals surface area contributed by atoms with Gasteiger partial charge in [-0.15, -0.1) is 0 Å². The summed E-state index contributed by atoms with van der Waals surface area (Å²) in [5.74, 6) is 0.667. The summed E-state index contributed by atoms with van der Waals surface area (Å²) in [5.41, 5.74) is 0.996. The summed E-state index contributed by atoms with van der Waals surface area (Å²) in [6.45, 7) is 6.62. The van der Waals surface area contributed by atoms with Gasteiger partial charge in [-0.3, -0.25) is 0 Å². The smallest absolute Gasteiger partial charge is 0.115 e. The molecule has 1 rings (SSSR count). The average molecular weight is 179 g/mol. The molecule has 0 bridgehead atoms. The number of nitrogens with one attached hydrogen (secondary N) is 1. The van der Waals surface area contributed by atoms with Gasteiger partial charge in [0.15, 0.2) is 0 Å². The van der Waals surface area contributed by atoms with Gasteiger partial charge in [-0.1, -0.05) is 20.3 Å². The Balaban J connectivity index is 2.50. The predicted octanol–water partition coefficient (Wildman–Crippen LogP) is 2.32. The van der Waals surface area contributed by atoms with Crippen molar-refractivity contribution >= 4 is 5.69 Å². The monoisotopic (exact) mass is 179 g/mol. The summed E-state index contributed by atoms with van der Waals surface area (Å²) in [4.78, 5) is 7.90. The SMILES string of the molecule is CCC(C)C(C)Nc1cncnc1. The van der Waals surface area contributed by atoms with Crippen LogP contribution in [0.4, 0.5) is 5.69 Å². The van der Waals surface area contributed by atoms with Crippen molar-refractivity contribution in [3.63, 3.8) is 0 Å². The van der Waals surface area contributed by atoms with Crippen molar-refractivity contribution in [2.24, 2.45) is 5.92 Å². The molecule has 0 aliphatic carbocycles. The van der Waals surface area contributed by atoms with Crippen molar-refractivity contribution in [2.45, 2.75) is 33.2 Å². The fourth-order valence-electron chi connectivity index (χ4n) is 1.13. The van der Waals surface area contributed by atoms with E-state index in [1.165, 1.54) is 6.42 Å². The summed E-state index contributed by atoms with van der Waals surface area (Å²) >= 11 is 0. The van der Waals surface area contributed by atoms with Crippen LogP contribution in [0.25, 0.3) is 0 Å². The zero-order valence-electron chi connectivity index (χ0n) is 8.49. The first kappa shape index (κ1) is 9.96. The Hall–Kier alpha value is -1.12. The topological polar surface area (TPSA) is 37.8 Å². The molecule has 0 spiro atoms. The fraction of sp³-hybridized carbons (Fsp3) is 0.600. The second-order valence-electron chi connectivity index (χ2n) is 3.45. The zero-order valence-corrected chi connectivity index (χ0v) is 8.49. The number of rotatable bonds is 4. The summed E-state index contributed by atoms with van der Waals surface area (Å²) in [5, 5.41) is 3.37. The van der Waals surface area contributed by atoms with Gasteiger partial charge < -0.3 is 5.32 Å². The lowest BCUT2D eigenvalue weighted by molar-refractivity contribution is 0.494. The quantitative estimate of drug-likeness (QED) is 0.770. The van der Waals surface area contributed by atoms with E-state index in [0.717, 1.165) is 5.69 Å². The van der Waals surface area contributed by atoms with Gasteiger partial charge in [0.25, 0.3) is 0 Å². The Morgan fingerprint density at radius 2 is 1.92 bits per heavy atom. The zero-order chi connectivity index (χ0) is 9.68. The third-order valence-corrected chi connectivity index (χ3v) is 2.45. The van der Waals surface area contributed by atoms with Gasteiger partial charge in [0.2, 0.25) is 0 Å². The van der Waals surface area contributed by atoms with E-state index >= 15 is 0 Å². The first-order chi connectivity index (χ1) is 6.24. The lowest BCUT2D eigenvalue weighted by Crippen LogP contribution is -2.23. The molecule has 1 aromatic heterocycles. The van der Waals surface area contributed by atoms with Gasteiger partial charge in [-0.05, 0) is 12.8 Å². The molecule has 2 atom stereocenters. The van der Waals surface area contributed by atoms with Crippen LogP contribution in [0.2, 0.25) is 0 Å². The van der Waals surface area contributed by atoms with Gasteiger partial charge in [-0.2, -0.15) is 0 Å². The van der Waals surface area contributed by atoms with Crippen LogP contribution >= 0.6 is 0 Å². The first-order valence-electron chi connectivity index (χ1n) is 4.75. The van der Waals surface area contributed by atoms with E-state index in [4.69, 9.17) is 0 Å². The van der Waals surface area contributed by atoms with Crippen LogP contribution in [0.3, 0.4) is 0 Å². The Morgan fingerprint density at radius 1 is 1.31 bits per heavy atom. The number of aromatic nitrogens is 2. The number of anilines is 1. The van der Waals surface area contributed by atoms with Crippen LogP contribution in [-0.4, -0.2) is 16.0 Å². The Morgan fingerprint density at radius 3 is 2.46 bits per heavy atom. The highest BCUT2D eigenvalue weighted by Crippen LogP contribution is 2.12. The molecule has 3 nitrogen and oxygen atoms in total. The summed E-state index contributed by atoms with van der Waals surface area (Å²) in [6, 6.07) is 0.469. The molecule has 0 aromatic carbocycles. The van der Waals surface area contributed by atoms with E-state index in [0.29, 0.717) is 12.0 Å².